The minimum Gasteiger partial charge on any atom is -0.250 e. The van der Waals surface area contributed by atoms with Crippen LogP contribution in [0.1, 0.15) is 54.8 Å². The van der Waals surface area contributed by atoms with E-state index >= 15 is 0 Å². The van der Waals surface area contributed by atoms with E-state index in [2.05, 4.69) is 11.1 Å². The fourth-order valence-corrected chi connectivity index (χ4v) is 3.67. The monoisotopic (exact) mass is 248 g/mol. The van der Waals surface area contributed by atoms with Crippen LogP contribution in [0.15, 0.2) is 6.20 Å². The maximum atomic E-state index is 9.56. The SMILES string of the molecule is Cc1ncc(CC2(C#N)CCCCCCC2)s1. The Morgan fingerprint density at radius 1 is 1.29 bits per heavy atom. The van der Waals surface area contributed by atoms with Gasteiger partial charge in [0.2, 0.25) is 0 Å². The summed E-state index contributed by atoms with van der Waals surface area (Å²) in [6.45, 7) is 2.03. The zero-order valence-corrected chi connectivity index (χ0v) is 11.4. The van der Waals surface area contributed by atoms with Gasteiger partial charge in [-0.05, 0) is 19.8 Å². The largest absolute Gasteiger partial charge is 0.250 e. The predicted molar refractivity (Wildman–Crippen MR) is 70.9 cm³/mol. The second kappa shape index (κ2) is 5.64. The Morgan fingerprint density at radius 2 is 1.94 bits per heavy atom. The Kier molecular flexibility index (Phi) is 4.17. The van der Waals surface area contributed by atoms with Crippen molar-refractivity contribution in [3.63, 3.8) is 0 Å². The molecule has 0 radical (unpaired) electrons. The first kappa shape index (κ1) is 12.6. The number of rotatable bonds is 2. The van der Waals surface area contributed by atoms with Crippen LogP contribution in [-0.2, 0) is 6.42 Å². The Balaban J connectivity index is 2.09. The fraction of sp³-hybridized carbons (Fsp3) is 0.714. The molecule has 0 bridgehead atoms. The first-order valence-electron chi connectivity index (χ1n) is 6.57. The first-order valence-corrected chi connectivity index (χ1v) is 7.38. The molecule has 1 aromatic heterocycles. The molecular formula is C14H20N2S. The third-order valence-corrected chi connectivity index (χ3v) is 4.64. The standard InChI is InChI=1S/C14H20N2S/c1-12-16-10-13(17-12)9-14(11-15)7-5-3-2-4-6-8-14/h10H,2-9H2,1H3. The van der Waals surface area contributed by atoms with E-state index in [1.807, 2.05) is 13.1 Å². The van der Waals surface area contributed by atoms with Crippen molar-refractivity contribution < 1.29 is 0 Å². The summed E-state index contributed by atoms with van der Waals surface area (Å²) in [4.78, 5) is 5.58. The molecule has 0 unspecified atom stereocenters. The molecule has 1 heterocycles. The van der Waals surface area contributed by atoms with Crippen LogP contribution in [0.2, 0.25) is 0 Å². The topological polar surface area (TPSA) is 36.7 Å². The van der Waals surface area contributed by atoms with Gasteiger partial charge in [-0.25, -0.2) is 4.98 Å². The molecule has 1 aliphatic carbocycles. The molecule has 2 rings (SSSR count). The van der Waals surface area contributed by atoms with Crippen LogP contribution >= 0.6 is 11.3 Å². The molecule has 0 saturated heterocycles. The lowest BCUT2D eigenvalue weighted by atomic mass is 9.75. The summed E-state index contributed by atoms with van der Waals surface area (Å²) in [5.41, 5.74) is -0.112. The summed E-state index contributed by atoms with van der Waals surface area (Å²) >= 11 is 1.75. The molecule has 0 aliphatic heterocycles. The van der Waals surface area contributed by atoms with E-state index in [1.54, 1.807) is 11.3 Å². The Bertz CT molecular complexity index is 395. The Labute approximate surface area is 108 Å². The Hall–Kier alpha value is -0.880. The van der Waals surface area contributed by atoms with Gasteiger partial charge in [-0.3, -0.25) is 0 Å². The number of nitrogens with zero attached hydrogens (tertiary/aromatic N) is 2. The summed E-state index contributed by atoms with van der Waals surface area (Å²) in [5, 5.41) is 10.7. The molecule has 0 spiro atoms. The number of nitriles is 1. The average Bonchev–Trinajstić information content (AvgIpc) is 2.68. The zero-order chi connectivity index (χ0) is 12.1. The van der Waals surface area contributed by atoms with Crippen molar-refractivity contribution in [1.82, 2.24) is 4.98 Å². The molecule has 17 heavy (non-hydrogen) atoms. The molecule has 1 fully saturated rings. The minimum absolute atomic E-state index is 0.112. The van der Waals surface area contributed by atoms with Gasteiger partial charge < -0.3 is 0 Å². The summed E-state index contributed by atoms with van der Waals surface area (Å²) in [5.74, 6) is 0. The second-order valence-corrected chi connectivity index (χ2v) is 6.50. The van der Waals surface area contributed by atoms with Crippen LogP contribution in [0.5, 0.6) is 0 Å². The number of aromatic nitrogens is 1. The summed E-state index contributed by atoms with van der Waals surface area (Å²) in [6.07, 6.45) is 11.4. The lowest BCUT2D eigenvalue weighted by molar-refractivity contribution is 0.289. The first-order chi connectivity index (χ1) is 8.24. The van der Waals surface area contributed by atoms with Gasteiger partial charge in [-0.1, -0.05) is 32.1 Å². The van der Waals surface area contributed by atoms with Gasteiger partial charge in [0.05, 0.1) is 16.5 Å². The lowest BCUT2D eigenvalue weighted by Gasteiger charge is -2.27. The third-order valence-electron chi connectivity index (χ3n) is 3.73. The molecule has 0 N–H and O–H groups in total. The quantitative estimate of drug-likeness (QED) is 0.784. The highest BCUT2D eigenvalue weighted by Crippen LogP contribution is 2.37. The maximum Gasteiger partial charge on any atom is 0.0896 e. The maximum absolute atomic E-state index is 9.56. The molecule has 0 aromatic carbocycles. The van der Waals surface area contributed by atoms with Crippen LogP contribution in [0.3, 0.4) is 0 Å². The highest BCUT2D eigenvalue weighted by molar-refractivity contribution is 7.11. The molecular weight excluding hydrogens is 228 g/mol. The molecule has 0 amide bonds. The van der Waals surface area contributed by atoms with Crippen molar-refractivity contribution in [2.75, 3.05) is 0 Å². The molecule has 92 valence electrons. The molecule has 2 nitrogen and oxygen atoms in total. The van der Waals surface area contributed by atoms with Gasteiger partial charge in [0, 0.05) is 17.5 Å². The van der Waals surface area contributed by atoms with E-state index in [4.69, 9.17) is 0 Å². The van der Waals surface area contributed by atoms with Gasteiger partial charge in [0.1, 0.15) is 0 Å². The van der Waals surface area contributed by atoms with E-state index in [-0.39, 0.29) is 5.41 Å². The van der Waals surface area contributed by atoms with Crippen molar-refractivity contribution in [3.8, 4) is 6.07 Å². The van der Waals surface area contributed by atoms with Gasteiger partial charge in [0.15, 0.2) is 0 Å². The minimum atomic E-state index is -0.112. The number of thiazole rings is 1. The van der Waals surface area contributed by atoms with Crippen molar-refractivity contribution in [2.45, 2.75) is 58.3 Å². The average molecular weight is 248 g/mol. The Morgan fingerprint density at radius 3 is 2.47 bits per heavy atom. The number of aryl methyl sites for hydroxylation is 1. The van der Waals surface area contributed by atoms with Crippen molar-refractivity contribution in [1.29, 1.82) is 5.26 Å². The van der Waals surface area contributed by atoms with Crippen molar-refractivity contribution in [3.05, 3.63) is 16.1 Å². The highest BCUT2D eigenvalue weighted by Gasteiger charge is 2.31. The normalized spacial score (nSPS) is 20.2. The summed E-state index contributed by atoms with van der Waals surface area (Å²) in [7, 11) is 0. The van der Waals surface area contributed by atoms with Crippen molar-refractivity contribution >= 4 is 11.3 Å². The van der Waals surface area contributed by atoms with Crippen LogP contribution in [-0.4, -0.2) is 4.98 Å². The van der Waals surface area contributed by atoms with Gasteiger partial charge in [0.25, 0.3) is 0 Å². The molecule has 3 heteroatoms. The van der Waals surface area contributed by atoms with E-state index < -0.39 is 0 Å². The highest BCUT2D eigenvalue weighted by atomic mass is 32.1. The molecule has 1 aliphatic rings. The van der Waals surface area contributed by atoms with E-state index in [1.165, 1.54) is 37.0 Å². The summed E-state index contributed by atoms with van der Waals surface area (Å²) < 4.78 is 0. The number of hydrogen-bond acceptors (Lipinski definition) is 3. The predicted octanol–water partition coefficient (Wildman–Crippen LogP) is 4.25. The van der Waals surface area contributed by atoms with Gasteiger partial charge in [-0.15, -0.1) is 11.3 Å². The van der Waals surface area contributed by atoms with Gasteiger partial charge in [-0.2, -0.15) is 5.26 Å². The second-order valence-electron chi connectivity index (χ2n) is 5.18. The van der Waals surface area contributed by atoms with Crippen LogP contribution in [0, 0.1) is 23.7 Å². The van der Waals surface area contributed by atoms with Crippen LogP contribution in [0.4, 0.5) is 0 Å². The van der Waals surface area contributed by atoms with Gasteiger partial charge >= 0.3 is 0 Å². The van der Waals surface area contributed by atoms with Crippen LogP contribution < -0.4 is 0 Å². The summed E-state index contributed by atoms with van der Waals surface area (Å²) in [6, 6.07) is 2.62. The number of hydrogen-bond donors (Lipinski definition) is 0. The van der Waals surface area contributed by atoms with E-state index in [0.717, 1.165) is 24.3 Å². The van der Waals surface area contributed by atoms with Crippen LogP contribution in [0.25, 0.3) is 0 Å². The lowest BCUT2D eigenvalue weighted by Crippen LogP contribution is -2.22. The molecule has 0 atom stereocenters. The molecule has 1 saturated carbocycles. The van der Waals surface area contributed by atoms with E-state index in [0.29, 0.717) is 0 Å². The molecule has 1 aromatic rings. The fourth-order valence-electron chi connectivity index (χ4n) is 2.73. The van der Waals surface area contributed by atoms with Crippen molar-refractivity contribution in [2.24, 2.45) is 5.41 Å². The zero-order valence-electron chi connectivity index (χ0n) is 10.5. The third kappa shape index (κ3) is 3.29. The van der Waals surface area contributed by atoms with E-state index in [9.17, 15) is 5.26 Å². The smallest absolute Gasteiger partial charge is 0.0896 e.